The lowest BCUT2D eigenvalue weighted by Gasteiger charge is -2.17. The minimum Gasteiger partial charge on any atom is -0.508 e. The van der Waals surface area contributed by atoms with Crippen molar-refractivity contribution in [3.8, 4) is 16.9 Å². The molecule has 6 heteroatoms. The Morgan fingerprint density at radius 3 is 2.54 bits per heavy atom. The van der Waals surface area contributed by atoms with Crippen molar-refractivity contribution >= 4 is 22.5 Å². The molecule has 0 saturated carbocycles. The molecule has 24 heavy (non-hydrogen) atoms. The number of aryl methyl sites for hydroxylation is 1. The van der Waals surface area contributed by atoms with Crippen molar-refractivity contribution < 1.29 is 14.3 Å². The fraction of sp³-hybridized carbons (Fsp3) is 0.111. The number of pyridine rings is 1. The zero-order chi connectivity index (χ0) is 17.6. The molecule has 0 aliphatic heterocycles. The minimum absolute atomic E-state index is 0.0997. The van der Waals surface area contributed by atoms with Crippen molar-refractivity contribution in [2.45, 2.75) is 13.8 Å². The van der Waals surface area contributed by atoms with E-state index in [2.05, 4.69) is 4.98 Å². The van der Waals surface area contributed by atoms with Crippen LogP contribution in [-0.4, -0.2) is 16.0 Å². The van der Waals surface area contributed by atoms with Gasteiger partial charge in [-0.1, -0.05) is 6.07 Å². The monoisotopic (exact) mass is 325 g/mol. The first kappa shape index (κ1) is 15.7. The van der Waals surface area contributed by atoms with Gasteiger partial charge in [0, 0.05) is 17.0 Å². The molecule has 0 fully saturated rings. The number of anilines is 1. The van der Waals surface area contributed by atoms with Gasteiger partial charge in [0.05, 0.1) is 11.2 Å². The fourth-order valence-corrected chi connectivity index (χ4v) is 2.93. The molecule has 3 aromatic rings. The summed E-state index contributed by atoms with van der Waals surface area (Å²) in [6, 6.07) is 7.40. The molecule has 0 unspecified atom stereocenters. The van der Waals surface area contributed by atoms with Crippen molar-refractivity contribution in [3.05, 3.63) is 53.0 Å². The SMILES string of the molecule is Cc1ccc(O)c(C)c1-c1c(N)c(C(N)=O)nc2cc(F)ccc12. The number of hydrogen-bond acceptors (Lipinski definition) is 4. The number of halogens is 1. The molecular formula is C18H16FN3O2. The Bertz CT molecular complexity index is 999. The highest BCUT2D eigenvalue weighted by Crippen LogP contribution is 2.40. The maximum Gasteiger partial charge on any atom is 0.269 e. The third-order valence-corrected chi connectivity index (χ3v) is 4.11. The summed E-state index contributed by atoms with van der Waals surface area (Å²) in [5, 5.41) is 10.6. The topological polar surface area (TPSA) is 102 Å². The summed E-state index contributed by atoms with van der Waals surface area (Å²) in [6.45, 7) is 3.61. The molecule has 1 aromatic heterocycles. The van der Waals surface area contributed by atoms with Crippen LogP contribution in [0.2, 0.25) is 0 Å². The summed E-state index contributed by atoms with van der Waals surface area (Å²) in [5.41, 5.74) is 14.4. The van der Waals surface area contributed by atoms with Gasteiger partial charge in [0.1, 0.15) is 11.6 Å². The predicted octanol–water partition coefficient (Wildman–Crippen LogP) is 3.04. The number of amides is 1. The molecular weight excluding hydrogens is 309 g/mol. The quantitative estimate of drug-likeness (QED) is 0.674. The predicted molar refractivity (Wildman–Crippen MR) is 91.2 cm³/mol. The third-order valence-electron chi connectivity index (χ3n) is 4.11. The number of rotatable bonds is 2. The zero-order valence-corrected chi connectivity index (χ0v) is 13.2. The van der Waals surface area contributed by atoms with Crippen LogP contribution in [0.5, 0.6) is 5.75 Å². The van der Waals surface area contributed by atoms with Gasteiger partial charge in [0.15, 0.2) is 5.69 Å². The first-order valence-electron chi connectivity index (χ1n) is 7.29. The normalized spacial score (nSPS) is 11.0. The van der Waals surface area contributed by atoms with E-state index in [1.807, 2.05) is 6.92 Å². The molecule has 0 atom stereocenters. The number of primary amides is 1. The molecule has 0 spiro atoms. The van der Waals surface area contributed by atoms with Gasteiger partial charge in [-0.15, -0.1) is 0 Å². The molecule has 5 nitrogen and oxygen atoms in total. The summed E-state index contributed by atoms with van der Waals surface area (Å²) < 4.78 is 13.6. The highest BCUT2D eigenvalue weighted by molar-refractivity contribution is 6.09. The van der Waals surface area contributed by atoms with Crippen molar-refractivity contribution in [2.75, 3.05) is 5.73 Å². The van der Waals surface area contributed by atoms with Gasteiger partial charge in [-0.05, 0) is 48.7 Å². The summed E-state index contributed by atoms with van der Waals surface area (Å²) in [4.78, 5) is 15.8. The number of aromatic hydroxyl groups is 1. The van der Waals surface area contributed by atoms with Gasteiger partial charge in [0.2, 0.25) is 0 Å². The number of phenolic OH excluding ortho intramolecular Hbond substituents is 1. The van der Waals surface area contributed by atoms with E-state index >= 15 is 0 Å². The van der Waals surface area contributed by atoms with Crippen molar-refractivity contribution in [1.82, 2.24) is 4.98 Å². The van der Waals surface area contributed by atoms with Gasteiger partial charge < -0.3 is 16.6 Å². The molecule has 5 N–H and O–H groups in total. The molecule has 1 amide bonds. The molecule has 0 saturated heterocycles. The van der Waals surface area contributed by atoms with Crippen LogP contribution < -0.4 is 11.5 Å². The maximum atomic E-state index is 13.6. The van der Waals surface area contributed by atoms with E-state index in [9.17, 15) is 14.3 Å². The third kappa shape index (κ3) is 2.32. The lowest BCUT2D eigenvalue weighted by Crippen LogP contribution is -2.17. The number of fused-ring (bicyclic) bond motifs is 1. The van der Waals surface area contributed by atoms with Crippen LogP contribution in [0.15, 0.2) is 30.3 Å². The molecule has 0 radical (unpaired) electrons. The van der Waals surface area contributed by atoms with Crippen LogP contribution >= 0.6 is 0 Å². The fourth-order valence-electron chi connectivity index (χ4n) is 2.93. The van der Waals surface area contributed by atoms with E-state index in [1.54, 1.807) is 25.1 Å². The second-order valence-corrected chi connectivity index (χ2v) is 5.68. The lowest BCUT2D eigenvalue weighted by molar-refractivity contribution is 0.0997. The number of nitrogen functional groups attached to an aromatic ring is 1. The van der Waals surface area contributed by atoms with E-state index in [0.717, 1.165) is 5.56 Å². The number of benzene rings is 2. The van der Waals surface area contributed by atoms with E-state index in [1.165, 1.54) is 12.1 Å². The van der Waals surface area contributed by atoms with Gasteiger partial charge in [-0.3, -0.25) is 4.79 Å². The highest BCUT2D eigenvalue weighted by atomic mass is 19.1. The average Bonchev–Trinajstić information content (AvgIpc) is 2.52. The Balaban J connectivity index is 2.54. The van der Waals surface area contributed by atoms with E-state index in [-0.39, 0.29) is 22.6 Å². The summed E-state index contributed by atoms with van der Waals surface area (Å²) in [5.74, 6) is -1.18. The zero-order valence-electron chi connectivity index (χ0n) is 13.2. The van der Waals surface area contributed by atoms with Gasteiger partial charge in [0.25, 0.3) is 5.91 Å². The number of phenols is 1. The van der Waals surface area contributed by atoms with Crippen LogP contribution in [-0.2, 0) is 0 Å². The number of carbonyl (C=O) groups is 1. The summed E-state index contributed by atoms with van der Waals surface area (Å²) in [7, 11) is 0. The Hall–Kier alpha value is -3.15. The van der Waals surface area contributed by atoms with Crippen LogP contribution in [0.3, 0.4) is 0 Å². The van der Waals surface area contributed by atoms with Crippen LogP contribution in [0, 0.1) is 19.7 Å². The standard InChI is InChI=1S/C18H16FN3O2/c1-8-3-6-13(23)9(2)14(8)15-11-5-4-10(19)7-12(11)22-17(16(15)20)18(21)24/h3-7,23H,20H2,1-2H3,(H2,21,24). The molecule has 0 bridgehead atoms. The Morgan fingerprint density at radius 2 is 1.88 bits per heavy atom. The number of carbonyl (C=O) groups excluding carboxylic acids is 1. The van der Waals surface area contributed by atoms with Gasteiger partial charge in [-0.25, -0.2) is 9.37 Å². The maximum absolute atomic E-state index is 13.6. The lowest BCUT2D eigenvalue weighted by atomic mass is 9.90. The van der Waals surface area contributed by atoms with Gasteiger partial charge >= 0.3 is 0 Å². The van der Waals surface area contributed by atoms with Crippen LogP contribution in [0.25, 0.3) is 22.0 Å². The number of aromatic nitrogens is 1. The number of nitrogens with two attached hydrogens (primary N) is 2. The first-order valence-corrected chi connectivity index (χ1v) is 7.29. The second-order valence-electron chi connectivity index (χ2n) is 5.68. The summed E-state index contributed by atoms with van der Waals surface area (Å²) >= 11 is 0. The van der Waals surface area contributed by atoms with Crippen LogP contribution in [0.4, 0.5) is 10.1 Å². The molecule has 1 heterocycles. The first-order chi connectivity index (χ1) is 11.3. The number of hydrogen-bond donors (Lipinski definition) is 3. The molecule has 0 aliphatic carbocycles. The Labute approximate surface area is 137 Å². The van der Waals surface area contributed by atoms with E-state index in [0.29, 0.717) is 22.1 Å². The highest BCUT2D eigenvalue weighted by Gasteiger charge is 2.21. The van der Waals surface area contributed by atoms with Crippen molar-refractivity contribution in [2.24, 2.45) is 5.73 Å². The molecule has 3 rings (SSSR count). The van der Waals surface area contributed by atoms with Crippen molar-refractivity contribution in [3.63, 3.8) is 0 Å². The van der Waals surface area contributed by atoms with Gasteiger partial charge in [-0.2, -0.15) is 0 Å². The summed E-state index contributed by atoms with van der Waals surface area (Å²) in [6.07, 6.45) is 0. The molecule has 122 valence electrons. The smallest absolute Gasteiger partial charge is 0.269 e. The van der Waals surface area contributed by atoms with Crippen LogP contribution in [0.1, 0.15) is 21.6 Å². The number of nitrogens with zero attached hydrogens (tertiary/aromatic N) is 1. The minimum atomic E-state index is -0.796. The molecule has 2 aromatic carbocycles. The van der Waals surface area contributed by atoms with Crippen molar-refractivity contribution in [1.29, 1.82) is 0 Å². The second kappa shape index (κ2) is 5.49. The van der Waals surface area contributed by atoms with E-state index in [4.69, 9.17) is 11.5 Å². The largest absolute Gasteiger partial charge is 0.508 e. The Kier molecular flexibility index (Phi) is 3.60. The van der Waals surface area contributed by atoms with E-state index < -0.39 is 11.7 Å². The molecule has 0 aliphatic rings. The Morgan fingerprint density at radius 1 is 1.17 bits per heavy atom. The average molecular weight is 325 g/mol.